The highest BCUT2D eigenvalue weighted by molar-refractivity contribution is 7.13. The van der Waals surface area contributed by atoms with Gasteiger partial charge in [-0.1, -0.05) is 0 Å². The summed E-state index contributed by atoms with van der Waals surface area (Å²) in [5, 5.41) is 15.9. The van der Waals surface area contributed by atoms with E-state index in [0.29, 0.717) is 13.2 Å². The van der Waals surface area contributed by atoms with Crippen molar-refractivity contribution in [3.63, 3.8) is 0 Å². The van der Waals surface area contributed by atoms with Gasteiger partial charge in [0, 0.05) is 18.5 Å². The number of benzene rings is 1. The van der Waals surface area contributed by atoms with Crippen molar-refractivity contribution in [1.82, 2.24) is 10.4 Å². The van der Waals surface area contributed by atoms with Crippen LogP contribution in [0.3, 0.4) is 0 Å². The predicted octanol–water partition coefficient (Wildman–Crippen LogP) is 1.38. The number of ether oxygens (including phenoxy) is 1. The fraction of sp³-hybridized carbons (Fsp3) is 0.312. The van der Waals surface area contributed by atoms with Gasteiger partial charge in [0.05, 0.1) is 31.5 Å². The van der Waals surface area contributed by atoms with Gasteiger partial charge in [-0.15, -0.1) is 11.3 Å². The second kappa shape index (κ2) is 7.89. The summed E-state index contributed by atoms with van der Waals surface area (Å²) in [5.74, 6) is -0.0281. The Balaban J connectivity index is 1.49. The molecule has 0 radical (unpaired) electrons. The van der Waals surface area contributed by atoms with Crippen molar-refractivity contribution in [1.29, 1.82) is 0 Å². The van der Waals surface area contributed by atoms with Gasteiger partial charge in [-0.3, -0.25) is 4.79 Å². The summed E-state index contributed by atoms with van der Waals surface area (Å²) in [7, 11) is 0. The molecular weight excluding hydrogens is 328 g/mol. The Morgan fingerprint density at radius 3 is 2.88 bits per heavy atom. The standard InChI is InChI=1S/C16H18N4O3S/c21-14-3-1-12(2-4-14)10-17-19-15(22)9-13-11-24-16(18-13)20-5-7-23-8-6-20/h1-4,10-11,21H,5-9H2,(H,19,22)/b17-10+. The number of amides is 1. The maximum atomic E-state index is 11.9. The van der Waals surface area contributed by atoms with Crippen LogP contribution in [0.25, 0.3) is 0 Å². The van der Waals surface area contributed by atoms with E-state index in [2.05, 4.69) is 20.4 Å². The number of nitrogens with one attached hydrogen (secondary N) is 1. The molecule has 1 aliphatic rings. The number of carbonyl (C=O) groups is 1. The second-order valence-corrected chi connectivity index (χ2v) is 6.12. The zero-order chi connectivity index (χ0) is 16.8. The van der Waals surface area contributed by atoms with E-state index < -0.39 is 0 Å². The van der Waals surface area contributed by atoms with Crippen molar-refractivity contribution in [2.45, 2.75) is 6.42 Å². The molecule has 0 spiro atoms. The molecule has 126 valence electrons. The molecule has 1 aliphatic heterocycles. The molecule has 2 aromatic rings. The lowest BCUT2D eigenvalue weighted by Crippen LogP contribution is -2.36. The van der Waals surface area contributed by atoms with Gasteiger partial charge in [-0.2, -0.15) is 5.10 Å². The molecule has 1 aromatic carbocycles. The SMILES string of the molecule is O=C(Cc1csc(N2CCOCC2)n1)N/N=C/c1ccc(O)cc1. The van der Waals surface area contributed by atoms with E-state index in [1.165, 1.54) is 17.6 Å². The van der Waals surface area contributed by atoms with Crippen molar-refractivity contribution in [3.05, 3.63) is 40.9 Å². The first-order chi connectivity index (χ1) is 11.7. The molecule has 1 fully saturated rings. The summed E-state index contributed by atoms with van der Waals surface area (Å²) in [6.45, 7) is 3.08. The van der Waals surface area contributed by atoms with E-state index >= 15 is 0 Å². The summed E-state index contributed by atoms with van der Waals surface area (Å²) >= 11 is 1.54. The number of hydrogen-bond donors (Lipinski definition) is 2. The Morgan fingerprint density at radius 1 is 1.38 bits per heavy atom. The van der Waals surface area contributed by atoms with Gasteiger partial charge in [-0.05, 0) is 29.8 Å². The van der Waals surface area contributed by atoms with Crippen LogP contribution in [0.15, 0.2) is 34.7 Å². The average molecular weight is 346 g/mol. The number of phenols is 1. The molecule has 0 aliphatic carbocycles. The average Bonchev–Trinajstić information content (AvgIpc) is 3.06. The second-order valence-electron chi connectivity index (χ2n) is 5.28. The molecule has 2 N–H and O–H groups in total. The van der Waals surface area contributed by atoms with Gasteiger partial charge < -0.3 is 14.7 Å². The molecule has 1 saturated heterocycles. The van der Waals surface area contributed by atoms with Crippen LogP contribution < -0.4 is 10.3 Å². The molecule has 1 amide bonds. The summed E-state index contributed by atoms with van der Waals surface area (Å²) in [4.78, 5) is 18.6. The Kier molecular flexibility index (Phi) is 5.39. The lowest BCUT2D eigenvalue weighted by molar-refractivity contribution is -0.120. The molecular formula is C16H18N4O3S. The fourth-order valence-electron chi connectivity index (χ4n) is 2.22. The van der Waals surface area contributed by atoms with E-state index in [-0.39, 0.29) is 18.1 Å². The highest BCUT2D eigenvalue weighted by Gasteiger charge is 2.15. The summed E-state index contributed by atoms with van der Waals surface area (Å²) in [6.07, 6.45) is 1.71. The molecule has 7 nitrogen and oxygen atoms in total. The Labute approximate surface area is 143 Å². The minimum Gasteiger partial charge on any atom is -0.508 e. The molecule has 0 unspecified atom stereocenters. The number of morpholine rings is 1. The van der Waals surface area contributed by atoms with Crippen LogP contribution in [-0.4, -0.2) is 48.5 Å². The van der Waals surface area contributed by atoms with Crippen LogP contribution in [0.5, 0.6) is 5.75 Å². The van der Waals surface area contributed by atoms with Gasteiger partial charge in [-0.25, -0.2) is 10.4 Å². The first-order valence-electron chi connectivity index (χ1n) is 7.59. The van der Waals surface area contributed by atoms with Gasteiger partial charge in [0.1, 0.15) is 5.75 Å². The lowest BCUT2D eigenvalue weighted by atomic mass is 10.2. The number of hydrogen-bond acceptors (Lipinski definition) is 7. The maximum Gasteiger partial charge on any atom is 0.246 e. The van der Waals surface area contributed by atoms with Crippen molar-refractivity contribution < 1.29 is 14.6 Å². The Hall–Kier alpha value is -2.45. The van der Waals surface area contributed by atoms with E-state index in [9.17, 15) is 9.90 Å². The predicted molar refractivity (Wildman–Crippen MR) is 92.7 cm³/mol. The maximum absolute atomic E-state index is 11.9. The molecule has 1 aromatic heterocycles. The third-order valence-electron chi connectivity index (χ3n) is 3.46. The minimum atomic E-state index is -0.219. The van der Waals surface area contributed by atoms with Crippen LogP contribution in [0.2, 0.25) is 0 Å². The van der Waals surface area contributed by atoms with Crippen LogP contribution in [0.4, 0.5) is 5.13 Å². The first-order valence-corrected chi connectivity index (χ1v) is 8.47. The molecule has 0 bridgehead atoms. The number of hydrazone groups is 1. The lowest BCUT2D eigenvalue weighted by Gasteiger charge is -2.26. The molecule has 8 heteroatoms. The highest BCUT2D eigenvalue weighted by atomic mass is 32.1. The molecule has 3 rings (SSSR count). The van der Waals surface area contributed by atoms with Crippen molar-refractivity contribution in [2.75, 3.05) is 31.2 Å². The quantitative estimate of drug-likeness (QED) is 0.631. The van der Waals surface area contributed by atoms with E-state index in [0.717, 1.165) is 29.5 Å². The van der Waals surface area contributed by atoms with Gasteiger partial charge in [0.15, 0.2) is 5.13 Å². The number of rotatable bonds is 5. The van der Waals surface area contributed by atoms with E-state index in [1.807, 2.05) is 5.38 Å². The highest BCUT2D eigenvalue weighted by Crippen LogP contribution is 2.21. The Morgan fingerprint density at radius 2 is 2.12 bits per heavy atom. The van der Waals surface area contributed by atoms with Gasteiger partial charge in [0.2, 0.25) is 5.91 Å². The largest absolute Gasteiger partial charge is 0.508 e. The summed E-state index contributed by atoms with van der Waals surface area (Å²) in [5.41, 5.74) is 4.01. The van der Waals surface area contributed by atoms with Crippen LogP contribution in [0.1, 0.15) is 11.3 Å². The van der Waals surface area contributed by atoms with Crippen LogP contribution in [0, 0.1) is 0 Å². The zero-order valence-corrected chi connectivity index (χ0v) is 13.8. The topological polar surface area (TPSA) is 87.1 Å². The van der Waals surface area contributed by atoms with Gasteiger partial charge in [0.25, 0.3) is 0 Å². The van der Waals surface area contributed by atoms with Crippen LogP contribution >= 0.6 is 11.3 Å². The molecule has 24 heavy (non-hydrogen) atoms. The number of aromatic hydroxyl groups is 1. The van der Waals surface area contributed by atoms with Crippen molar-refractivity contribution >= 4 is 28.6 Å². The minimum absolute atomic E-state index is 0.188. The van der Waals surface area contributed by atoms with Crippen LogP contribution in [-0.2, 0) is 16.0 Å². The number of thiazole rings is 1. The van der Waals surface area contributed by atoms with Crippen molar-refractivity contribution in [2.24, 2.45) is 5.10 Å². The van der Waals surface area contributed by atoms with Crippen molar-refractivity contribution in [3.8, 4) is 5.75 Å². The van der Waals surface area contributed by atoms with E-state index in [4.69, 9.17) is 4.74 Å². The third kappa shape index (κ3) is 4.53. The number of carbonyl (C=O) groups excluding carboxylic acids is 1. The number of aromatic nitrogens is 1. The van der Waals surface area contributed by atoms with Gasteiger partial charge >= 0.3 is 0 Å². The molecule has 2 heterocycles. The first kappa shape index (κ1) is 16.4. The normalized spacial score (nSPS) is 14.9. The smallest absolute Gasteiger partial charge is 0.246 e. The molecule has 0 atom stereocenters. The summed E-state index contributed by atoms with van der Waals surface area (Å²) in [6, 6.07) is 6.54. The molecule has 0 saturated carbocycles. The third-order valence-corrected chi connectivity index (χ3v) is 4.41. The monoisotopic (exact) mass is 346 g/mol. The Bertz CT molecular complexity index is 708. The zero-order valence-electron chi connectivity index (χ0n) is 13.0. The number of phenolic OH excluding ortho intramolecular Hbond substituents is 1. The number of nitrogens with zero attached hydrogens (tertiary/aromatic N) is 3. The summed E-state index contributed by atoms with van der Waals surface area (Å²) < 4.78 is 5.32. The number of anilines is 1. The fourth-order valence-corrected chi connectivity index (χ4v) is 3.10. The van der Waals surface area contributed by atoms with E-state index in [1.54, 1.807) is 24.3 Å².